The lowest BCUT2D eigenvalue weighted by Gasteiger charge is -2.18. The van der Waals surface area contributed by atoms with Crippen molar-refractivity contribution < 1.29 is 9.90 Å². The van der Waals surface area contributed by atoms with Crippen molar-refractivity contribution in [1.29, 1.82) is 0 Å². The van der Waals surface area contributed by atoms with E-state index in [-0.39, 0.29) is 24.0 Å². The van der Waals surface area contributed by atoms with Crippen molar-refractivity contribution in [3.8, 4) is 0 Å². The van der Waals surface area contributed by atoms with E-state index in [4.69, 9.17) is 0 Å². The molecule has 82 valence electrons. The van der Waals surface area contributed by atoms with E-state index in [0.29, 0.717) is 6.54 Å². The largest absolute Gasteiger partial charge is 0.392 e. The SMILES string of the molecule is CC(C)C(O)CNC1CCN(C)C1=O. The highest BCUT2D eigenvalue weighted by atomic mass is 16.3. The van der Waals surface area contributed by atoms with Crippen LogP contribution >= 0.6 is 0 Å². The molecule has 2 atom stereocenters. The third-order valence-electron chi connectivity index (χ3n) is 2.77. The van der Waals surface area contributed by atoms with E-state index < -0.39 is 0 Å². The van der Waals surface area contributed by atoms with Gasteiger partial charge in [-0.3, -0.25) is 4.79 Å². The zero-order valence-corrected chi connectivity index (χ0v) is 9.16. The van der Waals surface area contributed by atoms with E-state index in [9.17, 15) is 9.90 Å². The molecule has 14 heavy (non-hydrogen) atoms. The van der Waals surface area contributed by atoms with E-state index in [2.05, 4.69) is 5.32 Å². The zero-order valence-electron chi connectivity index (χ0n) is 9.16. The smallest absolute Gasteiger partial charge is 0.239 e. The van der Waals surface area contributed by atoms with Gasteiger partial charge < -0.3 is 15.3 Å². The van der Waals surface area contributed by atoms with Crippen LogP contribution in [0.4, 0.5) is 0 Å². The second kappa shape index (κ2) is 4.75. The number of hydrogen-bond donors (Lipinski definition) is 2. The summed E-state index contributed by atoms with van der Waals surface area (Å²) in [5.74, 6) is 0.373. The predicted molar refractivity (Wildman–Crippen MR) is 54.9 cm³/mol. The van der Waals surface area contributed by atoms with Crippen LogP contribution in [0.15, 0.2) is 0 Å². The highest BCUT2D eigenvalue weighted by Crippen LogP contribution is 2.09. The van der Waals surface area contributed by atoms with Crippen molar-refractivity contribution in [3.05, 3.63) is 0 Å². The van der Waals surface area contributed by atoms with Gasteiger partial charge in [0.1, 0.15) is 0 Å². The molecule has 0 spiro atoms. The molecule has 0 saturated carbocycles. The van der Waals surface area contributed by atoms with Gasteiger partial charge in [0.25, 0.3) is 0 Å². The number of nitrogens with zero attached hydrogens (tertiary/aromatic N) is 1. The fourth-order valence-corrected chi connectivity index (χ4v) is 1.51. The van der Waals surface area contributed by atoms with Gasteiger partial charge in [-0.15, -0.1) is 0 Å². The molecule has 4 nitrogen and oxygen atoms in total. The van der Waals surface area contributed by atoms with Crippen LogP contribution in [0.2, 0.25) is 0 Å². The molecule has 1 saturated heterocycles. The standard InChI is InChI=1S/C10H20N2O2/c1-7(2)9(13)6-11-8-4-5-12(3)10(8)14/h7-9,11,13H,4-6H2,1-3H3. The van der Waals surface area contributed by atoms with E-state index in [1.807, 2.05) is 20.9 Å². The van der Waals surface area contributed by atoms with Gasteiger partial charge in [-0.25, -0.2) is 0 Å². The molecule has 0 radical (unpaired) electrons. The second-order valence-electron chi connectivity index (χ2n) is 4.32. The van der Waals surface area contributed by atoms with Crippen molar-refractivity contribution in [2.75, 3.05) is 20.1 Å². The normalized spacial score (nSPS) is 24.8. The van der Waals surface area contributed by atoms with Crippen molar-refractivity contribution in [2.45, 2.75) is 32.4 Å². The first-order valence-corrected chi connectivity index (χ1v) is 5.18. The fraction of sp³-hybridized carbons (Fsp3) is 0.900. The summed E-state index contributed by atoms with van der Waals surface area (Å²) in [5.41, 5.74) is 0. The summed E-state index contributed by atoms with van der Waals surface area (Å²) in [6.45, 7) is 5.25. The topological polar surface area (TPSA) is 52.6 Å². The molecule has 2 N–H and O–H groups in total. The number of hydrogen-bond acceptors (Lipinski definition) is 3. The molecule has 0 aromatic rings. The molecule has 1 heterocycles. The average molecular weight is 200 g/mol. The van der Waals surface area contributed by atoms with Crippen LogP contribution in [0.1, 0.15) is 20.3 Å². The maximum Gasteiger partial charge on any atom is 0.239 e. The van der Waals surface area contributed by atoms with E-state index >= 15 is 0 Å². The van der Waals surface area contributed by atoms with Gasteiger partial charge in [-0.05, 0) is 12.3 Å². The molecule has 4 heteroatoms. The first-order chi connectivity index (χ1) is 6.52. The first-order valence-electron chi connectivity index (χ1n) is 5.18. The molecule has 1 amide bonds. The number of aliphatic hydroxyl groups excluding tert-OH is 1. The molecule has 2 unspecified atom stereocenters. The maximum atomic E-state index is 11.5. The van der Waals surface area contributed by atoms with E-state index in [1.165, 1.54) is 0 Å². The van der Waals surface area contributed by atoms with Gasteiger partial charge in [0.15, 0.2) is 0 Å². The lowest BCUT2D eigenvalue weighted by atomic mass is 10.1. The van der Waals surface area contributed by atoms with Gasteiger partial charge in [-0.1, -0.05) is 13.8 Å². The predicted octanol–water partition coefficient (Wildman–Crippen LogP) is -0.176. The van der Waals surface area contributed by atoms with Gasteiger partial charge in [-0.2, -0.15) is 0 Å². The van der Waals surface area contributed by atoms with Gasteiger partial charge in [0, 0.05) is 20.1 Å². The lowest BCUT2D eigenvalue weighted by Crippen LogP contribution is -2.41. The number of likely N-dealkylation sites (N-methyl/N-ethyl adjacent to an activating group) is 1. The Kier molecular flexibility index (Phi) is 3.89. The molecular formula is C10H20N2O2. The number of carbonyl (C=O) groups is 1. The Bertz CT molecular complexity index is 206. The fourth-order valence-electron chi connectivity index (χ4n) is 1.51. The summed E-state index contributed by atoms with van der Waals surface area (Å²) in [4.78, 5) is 13.2. The van der Waals surface area contributed by atoms with Gasteiger partial charge in [0.05, 0.1) is 12.1 Å². The summed E-state index contributed by atoms with van der Waals surface area (Å²) in [7, 11) is 1.81. The quantitative estimate of drug-likeness (QED) is 0.662. The molecule has 0 aromatic heterocycles. The minimum Gasteiger partial charge on any atom is -0.392 e. The first kappa shape index (κ1) is 11.5. The summed E-state index contributed by atoms with van der Waals surface area (Å²) in [6, 6.07) is -0.0894. The molecule has 0 aliphatic carbocycles. The van der Waals surface area contributed by atoms with Crippen LogP contribution in [0.25, 0.3) is 0 Å². The van der Waals surface area contributed by atoms with Crippen molar-refractivity contribution in [1.82, 2.24) is 10.2 Å². The Labute approximate surface area is 85.3 Å². The molecule has 1 rings (SSSR count). The lowest BCUT2D eigenvalue weighted by molar-refractivity contribution is -0.128. The zero-order chi connectivity index (χ0) is 10.7. The molecule has 1 aliphatic rings. The van der Waals surface area contributed by atoms with Crippen LogP contribution in [-0.4, -0.2) is 48.2 Å². The molecular weight excluding hydrogens is 180 g/mol. The minimum atomic E-state index is -0.367. The number of nitrogens with one attached hydrogen (secondary N) is 1. The Morgan fingerprint density at radius 2 is 2.29 bits per heavy atom. The number of carbonyl (C=O) groups excluding carboxylic acids is 1. The number of amides is 1. The highest BCUT2D eigenvalue weighted by Gasteiger charge is 2.28. The summed E-state index contributed by atoms with van der Waals surface area (Å²) >= 11 is 0. The van der Waals surface area contributed by atoms with Crippen molar-refractivity contribution in [2.24, 2.45) is 5.92 Å². The molecule has 0 bridgehead atoms. The summed E-state index contributed by atoms with van der Waals surface area (Å²) < 4.78 is 0. The van der Waals surface area contributed by atoms with E-state index in [0.717, 1.165) is 13.0 Å². The third kappa shape index (κ3) is 2.69. The molecule has 0 aromatic carbocycles. The average Bonchev–Trinajstić information content (AvgIpc) is 2.44. The van der Waals surface area contributed by atoms with Gasteiger partial charge in [0.2, 0.25) is 5.91 Å². The third-order valence-corrected chi connectivity index (χ3v) is 2.77. The van der Waals surface area contributed by atoms with Crippen LogP contribution < -0.4 is 5.32 Å². The minimum absolute atomic E-state index is 0.0894. The van der Waals surface area contributed by atoms with E-state index in [1.54, 1.807) is 4.90 Å². The summed E-state index contributed by atoms with van der Waals surface area (Å²) in [5, 5.41) is 12.7. The Morgan fingerprint density at radius 1 is 1.64 bits per heavy atom. The van der Waals surface area contributed by atoms with Crippen molar-refractivity contribution in [3.63, 3.8) is 0 Å². The van der Waals surface area contributed by atoms with Crippen LogP contribution in [0, 0.1) is 5.92 Å². The number of rotatable bonds is 4. The Morgan fingerprint density at radius 3 is 2.71 bits per heavy atom. The monoisotopic (exact) mass is 200 g/mol. The second-order valence-corrected chi connectivity index (χ2v) is 4.32. The van der Waals surface area contributed by atoms with Crippen LogP contribution in [0.5, 0.6) is 0 Å². The van der Waals surface area contributed by atoms with Crippen LogP contribution in [0.3, 0.4) is 0 Å². The maximum absolute atomic E-state index is 11.5. The molecule has 1 aliphatic heterocycles. The Hall–Kier alpha value is -0.610. The van der Waals surface area contributed by atoms with Crippen molar-refractivity contribution >= 4 is 5.91 Å². The van der Waals surface area contributed by atoms with Gasteiger partial charge >= 0.3 is 0 Å². The highest BCUT2D eigenvalue weighted by molar-refractivity contribution is 5.83. The van der Waals surface area contributed by atoms with Crippen LogP contribution in [-0.2, 0) is 4.79 Å². The summed E-state index contributed by atoms with van der Waals surface area (Å²) in [6.07, 6.45) is 0.480. The Balaban J connectivity index is 2.29. The number of likely N-dealkylation sites (tertiary alicyclic amines) is 1. The molecule has 1 fully saturated rings. The number of aliphatic hydroxyl groups is 1.